The lowest BCUT2D eigenvalue weighted by Crippen LogP contribution is -2.00. The molecular weight excluding hydrogens is 643 g/mol. The lowest BCUT2D eigenvalue weighted by Gasteiger charge is -2.12. The largest absolute Gasteiger partial charge is 0.264 e. The van der Waals surface area contributed by atoms with Crippen molar-refractivity contribution >= 4 is 31.5 Å². The van der Waals surface area contributed by atoms with Crippen LogP contribution in [0.5, 0.6) is 0 Å². The van der Waals surface area contributed by atoms with Gasteiger partial charge in [0.05, 0.1) is 11.6 Å². The summed E-state index contributed by atoms with van der Waals surface area (Å²) in [5.74, 6) is 1.90. The van der Waals surface area contributed by atoms with E-state index >= 15 is 0 Å². The molecule has 0 radical (unpaired) electrons. The Hall–Kier alpha value is -6.81. The Balaban J connectivity index is 1.13. The topological polar surface area (TPSA) is 75.3 Å². The first kappa shape index (κ1) is 30.3. The predicted octanol–water partition coefficient (Wildman–Crippen LogP) is 11.5. The molecule has 0 fully saturated rings. The zero-order chi connectivity index (χ0) is 34.1. The van der Waals surface area contributed by atoms with Gasteiger partial charge in [0.15, 0.2) is 17.5 Å². The van der Waals surface area contributed by atoms with Gasteiger partial charge in [-0.2, -0.15) is 5.26 Å². The molecule has 51 heavy (non-hydrogen) atoms. The van der Waals surface area contributed by atoms with Crippen LogP contribution in [0, 0.1) is 11.3 Å². The molecule has 0 atom stereocenters. The third kappa shape index (κ3) is 5.93. The lowest BCUT2D eigenvalue weighted by atomic mass is 9.93. The van der Waals surface area contributed by atoms with Gasteiger partial charge in [0.25, 0.3) is 0 Å². The normalized spacial score (nSPS) is 11.1. The van der Waals surface area contributed by atoms with E-state index in [-0.39, 0.29) is 0 Å². The smallest absolute Gasteiger partial charge is 0.164 e. The van der Waals surface area contributed by atoms with Crippen LogP contribution in [0.4, 0.5) is 0 Å². The molecule has 0 unspecified atom stereocenters. The molecule has 9 aromatic rings. The number of benzene rings is 6. The Morgan fingerprint density at radius 3 is 1.49 bits per heavy atom. The summed E-state index contributed by atoms with van der Waals surface area (Å²) in [4.78, 5) is 19.1. The van der Waals surface area contributed by atoms with Crippen LogP contribution in [-0.2, 0) is 0 Å². The van der Waals surface area contributed by atoms with Crippen LogP contribution in [0.15, 0.2) is 164 Å². The van der Waals surface area contributed by atoms with Crippen molar-refractivity contribution in [3.05, 3.63) is 170 Å². The minimum atomic E-state index is 0.623. The Kier molecular flexibility index (Phi) is 7.66. The number of hydrogen-bond donors (Lipinski definition) is 0. The van der Waals surface area contributed by atoms with Gasteiger partial charge in [0.1, 0.15) is 0 Å². The van der Waals surface area contributed by atoms with E-state index in [4.69, 9.17) is 15.0 Å². The molecule has 5 nitrogen and oxygen atoms in total. The maximum Gasteiger partial charge on any atom is 0.164 e. The number of fused-ring (bicyclic) bond motifs is 3. The SMILES string of the molecule is N#Cc1ccc2c(c1)sc1cc(-c3cc(-c4ccc(-c5nc(-c6ccccc6)nc(-c6ccccc6)n5)cc4)cc(-c4cccnc4)c3)ccc12. The summed E-state index contributed by atoms with van der Waals surface area (Å²) in [6, 6.07) is 54.1. The standard InChI is InChI=1S/C45H27N5S/c46-27-29-13-19-39-40-20-18-34(26-42(40)51-41(39)22-29)37-23-36(24-38(25-37)35-12-7-21-47-28-35)30-14-16-33(17-15-30)45-49-43(31-8-3-1-4-9-31)48-44(50-45)32-10-5-2-6-11-32/h1-26,28H. The Labute approximate surface area is 298 Å². The third-order valence-electron chi connectivity index (χ3n) is 9.04. The second-order valence-corrected chi connectivity index (χ2v) is 13.4. The van der Waals surface area contributed by atoms with Gasteiger partial charge in [-0.1, -0.05) is 109 Å². The van der Waals surface area contributed by atoms with Gasteiger partial charge in [-0.3, -0.25) is 4.98 Å². The van der Waals surface area contributed by atoms with E-state index in [1.807, 2.05) is 85.1 Å². The van der Waals surface area contributed by atoms with Crippen molar-refractivity contribution in [2.75, 3.05) is 0 Å². The molecule has 0 aliphatic heterocycles. The van der Waals surface area contributed by atoms with Crippen LogP contribution in [0.2, 0.25) is 0 Å². The molecule has 0 aliphatic rings. The molecule has 9 rings (SSSR count). The molecule has 0 bridgehead atoms. The molecule has 3 aromatic heterocycles. The first-order valence-corrected chi connectivity index (χ1v) is 17.4. The molecule has 0 aliphatic carbocycles. The fourth-order valence-electron chi connectivity index (χ4n) is 6.44. The monoisotopic (exact) mass is 669 g/mol. The fraction of sp³-hybridized carbons (Fsp3) is 0. The lowest BCUT2D eigenvalue weighted by molar-refractivity contribution is 1.07. The molecule has 6 aromatic carbocycles. The average molecular weight is 670 g/mol. The van der Waals surface area contributed by atoms with Gasteiger partial charge in [-0.25, -0.2) is 15.0 Å². The maximum absolute atomic E-state index is 9.43. The predicted molar refractivity (Wildman–Crippen MR) is 208 cm³/mol. The van der Waals surface area contributed by atoms with Crippen molar-refractivity contribution in [2.24, 2.45) is 0 Å². The summed E-state index contributed by atoms with van der Waals surface area (Å²) in [5.41, 5.74) is 10.0. The highest BCUT2D eigenvalue weighted by atomic mass is 32.1. The molecule has 0 N–H and O–H groups in total. The van der Waals surface area contributed by atoms with Gasteiger partial charge < -0.3 is 0 Å². The number of aromatic nitrogens is 4. The van der Waals surface area contributed by atoms with Crippen molar-refractivity contribution in [2.45, 2.75) is 0 Å². The van der Waals surface area contributed by atoms with E-state index in [9.17, 15) is 5.26 Å². The second-order valence-electron chi connectivity index (χ2n) is 12.3. The number of thiophene rings is 1. The minimum absolute atomic E-state index is 0.623. The molecule has 0 saturated carbocycles. The number of hydrogen-bond acceptors (Lipinski definition) is 6. The molecular formula is C45H27N5S. The molecule has 6 heteroatoms. The number of rotatable bonds is 6. The van der Waals surface area contributed by atoms with E-state index in [1.54, 1.807) is 17.5 Å². The first-order valence-electron chi connectivity index (χ1n) is 16.6. The highest BCUT2D eigenvalue weighted by Crippen LogP contribution is 2.39. The fourth-order valence-corrected chi connectivity index (χ4v) is 7.62. The van der Waals surface area contributed by atoms with Crippen LogP contribution in [0.1, 0.15) is 5.56 Å². The number of nitriles is 1. The third-order valence-corrected chi connectivity index (χ3v) is 10.2. The molecule has 3 heterocycles. The van der Waals surface area contributed by atoms with Crippen LogP contribution >= 0.6 is 11.3 Å². The maximum atomic E-state index is 9.43. The zero-order valence-corrected chi connectivity index (χ0v) is 28.0. The summed E-state index contributed by atoms with van der Waals surface area (Å²) in [7, 11) is 0. The summed E-state index contributed by atoms with van der Waals surface area (Å²) >= 11 is 1.72. The Bertz CT molecular complexity index is 2680. The second kappa shape index (κ2) is 12.9. The summed E-state index contributed by atoms with van der Waals surface area (Å²) in [5, 5.41) is 11.8. The highest BCUT2D eigenvalue weighted by molar-refractivity contribution is 7.25. The highest BCUT2D eigenvalue weighted by Gasteiger charge is 2.14. The zero-order valence-electron chi connectivity index (χ0n) is 27.2. The van der Waals surface area contributed by atoms with E-state index in [0.29, 0.717) is 23.0 Å². The van der Waals surface area contributed by atoms with Gasteiger partial charge in [-0.05, 0) is 70.3 Å². The van der Waals surface area contributed by atoms with Crippen molar-refractivity contribution in [3.63, 3.8) is 0 Å². The Morgan fingerprint density at radius 1 is 0.412 bits per heavy atom. The van der Waals surface area contributed by atoms with E-state index in [0.717, 1.165) is 54.8 Å². The summed E-state index contributed by atoms with van der Waals surface area (Å²) in [6.45, 7) is 0. The average Bonchev–Trinajstić information content (AvgIpc) is 3.58. The molecule has 0 saturated heterocycles. The van der Waals surface area contributed by atoms with Crippen LogP contribution in [0.25, 0.3) is 87.7 Å². The van der Waals surface area contributed by atoms with Crippen molar-refractivity contribution in [3.8, 4) is 73.6 Å². The number of nitrogens with zero attached hydrogens (tertiary/aromatic N) is 5. The van der Waals surface area contributed by atoms with E-state index in [1.165, 1.54) is 15.5 Å². The minimum Gasteiger partial charge on any atom is -0.264 e. The van der Waals surface area contributed by atoms with Crippen LogP contribution in [0.3, 0.4) is 0 Å². The van der Waals surface area contributed by atoms with E-state index in [2.05, 4.69) is 83.8 Å². The first-order chi connectivity index (χ1) is 25.2. The van der Waals surface area contributed by atoms with Crippen molar-refractivity contribution in [1.82, 2.24) is 19.9 Å². The van der Waals surface area contributed by atoms with E-state index < -0.39 is 0 Å². The van der Waals surface area contributed by atoms with Gasteiger partial charge >= 0.3 is 0 Å². The summed E-state index contributed by atoms with van der Waals surface area (Å²) in [6.07, 6.45) is 3.71. The van der Waals surface area contributed by atoms with Gasteiger partial charge in [0.2, 0.25) is 0 Å². The Morgan fingerprint density at radius 2 is 0.902 bits per heavy atom. The van der Waals surface area contributed by atoms with Crippen LogP contribution in [-0.4, -0.2) is 19.9 Å². The van der Waals surface area contributed by atoms with Gasteiger partial charge in [0, 0.05) is 54.8 Å². The van der Waals surface area contributed by atoms with Crippen molar-refractivity contribution in [1.29, 1.82) is 5.26 Å². The molecule has 238 valence electrons. The van der Waals surface area contributed by atoms with Crippen LogP contribution < -0.4 is 0 Å². The molecule has 0 spiro atoms. The quantitative estimate of drug-likeness (QED) is 0.176. The van der Waals surface area contributed by atoms with Gasteiger partial charge in [-0.15, -0.1) is 11.3 Å². The molecule has 0 amide bonds. The number of pyridine rings is 1. The van der Waals surface area contributed by atoms with Crippen molar-refractivity contribution < 1.29 is 0 Å². The summed E-state index contributed by atoms with van der Waals surface area (Å²) < 4.78 is 2.31.